The minimum Gasteiger partial charge on any atom is -0.135 e. The van der Waals surface area contributed by atoms with Crippen LogP contribution in [0.4, 0.5) is 0 Å². The summed E-state index contributed by atoms with van der Waals surface area (Å²) in [6.45, 7) is 16.4. The van der Waals surface area contributed by atoms with Gasteiger partial charge >= 0.3 is 0 Å². The zero-order valence-electron chi connectivity index (χ0n) is 28.9. The first-order chi connectivity index (χ1) is 22.8. The predicted octanol–water partition coefficient (Wildman–Crippen LogP) is 13.9. The molecule has 0 nitrogen and oxygen atoms in total. The number of hydrogen-bond acceptors (Lipinski definition) is 2. The lowest BCUT2D eigenvalue weighted by atomic mass is 9.99. The molecule has 0 saturated carbocycles. The number of benzene rings is 5. The van der Waals surface area contributed by atoms with Crippen LogP contribution < -0.4 is 0 Å². The molecule has 0 atom stereocenters. The van der Waals surface area contributed by atoms with Crippen molar-refractivity contribution in [2.24, 2.45) is 0 Å². The first kappa shape index (κ1) is 32.2. The van der Waals surface area contributed by atoms with E-state index in [2.05, 4.69) is 144 Å². The molecule has 0 amide bonds. The van der Waals surface area contributed by atoms with Gasteiger partial charge < -0.3 is 0 Å². The van der Waals surface area contributed by atoms with Gasteiger partial charge in [-0.2, -0.15) is 0 Å². The summed E-state index contributed by atoms with van der Waals surface area (Å²) >= 11 is 3.84. The van der Waals surface area contributed by atoms with Crippen molar-refractivity contribution in [2.75, 3.05) is 0 Å². The number of hydrogen-bond donors (Lipinski definition) is 0. The minimum absolute atomic E-state index is 0.677. The van der Waals surface area contributed by atoms with E-state index < -0.39 is 16.1 Å². The van der Waals surface area contributed by atoms with Crippen LogP contribution in [0.5, 0.6) is 0 Å². The Morgan fingerprint density at radius 2 is 0.979 bits per heavy atom. The van der Waals surface area contributed by atoms with Gasteiger partial charge in [0.1, 0.15) is 16.1 Å². The molecule has 0 fully saturated rings. The maximum atomic E-state index is 3.84. The molecule has 0 unspecified atom stereocenters. The summed E-state index contributed by atoms with van der Waals surface area (Å²) in [6.07, 6.45) is 0. The van der Waals surface area contributed by atoms with Crippen LogP contribution in [0.25, 0.3) is 61.9 Å². The Balaban J connectivity index is 1.33. The summed E-state index contributed by atoms with van der Waals surface area (Å²) in [4.78, 5) is 0. The summed E-state index contributed by atoms with van der Waals surface area (Å²) in [6, 6.07) is 34.1. The third-order valence-corrected chi connectivity index (χ3v) is 23.9. The number of fused-ring (bicyclic) bond motifs is 10. The molecule has 236 valence electrons. The number of thiophene rings is 2. The molecule has 0 bridgehead atoms. The fourth-order valence-electron chi connectivity index (χ4n) is 7.57. The molecule has 0 N–H and O–H groups in total. The van der Waals surface area contributed by atoms with Crippen LogP contribution >= 0.6 is 22.7 Å². The molecule has 4 heteroatoms. The van der Waals surface area contributed by atoms with Crippen LogP contribution in [-0.4, -0.2) is 16.1 Å². The molecule has 0 radical (unpaired) electrons. The lowest BCUT2D eigenvalue weighted by molar-refractivity contribution is 0.982. The van der Waals surface area contributed by atoms with Crippen LogP contribution in [-0.2, 0) is 0 Å². The van der Waals surface area contributed by atoms with E-state index in [4.69, 9.17) is 0 Å². The largest absolute Gasteiger partial charge is 0.140 e. The third kappa shape index (κ3) is 5.45. The Morgan fingerprint density at radius 3 is 1.40 bits per heavy atom. The molecule has 7 aromatic rings. The average Bonchev–Trinajstić information content (AvgIpc) is 3.67. The normalized spacial score (nSPS) is 12.4. The Bertz CT molecular complexity index is 2440. The molecule has 0 aliphatic carbocycles. The molecule has 0 aliphatic rings. The van der Waals surface area contributed by atoms with Crippen molar-refractivity contribution in [3.05, 3.63) is 83.9 Å². The maximum absolute atomic E-state index is 3.84. The molecule has 2 heterocycles. The van der Waals surface area contributed by atoms with Crippen molar-refractivity contribution in [3.8, 4) is 22.9 Å². The molecule has 0 saturated heterocycles. The summed E-state index contributed by atoms with van der Waals surface area (Å²) in [5.41, 5.74) is 10.6. The van der Waals surface area contributed by atoms with E-state index in [1.807, 2.05) is 22.7 Å². The van der Waals surface area contributed by atoms with E-state index in [0.29, 0.717) is 5.54 Å². The standard InChI is InChI=1S/C43H44S2Si2/c1-8-46(9-2,10-3)23-21-30-13-19-40-38(25-30)34-17-15-32-28-37-33(27-36(32)42(34)44-40)16-18-35-39-26-31(14-20-41(39)45-43(35)37)22-24-47(11-4,12-5)29(6)7/h13-20,25-29H,8-12H2,1-7H3. The fraction of sp³-hybridized carbons (Fsp3) is 0.302. The van der Waals surface area contributed by atoms with Gasteiger partial charge in [0.15, 0.2) is 0 Å². The summed E-state index contributed by atoms with van der Waals surface area (Å²) < 4.78 is 5.44. The molecule has 0 spiro atoms. The van der Waals surface area contributed by atoms with Gasteiger partial charge in [0.25, 0.3) is 0 Å². The number of rotatable bonds is 6. The second-order valence-electron chi connectivity index (χ2n) is 13.7. The average molecular weight is 681 g/mol. The van der Waals surface area contributed by atoms with Crippen molar-refractivity contribution >= 4 is 101 Å². The molecule has 5 aromatic carbocycles. The second-order valence-corrected chi connectivity index (χ2v) is 25.8. The van der Waals surface area contributed by atoms with E-state index >= 15 is 0 Å². The summed E-state index contributed by atoms with van der Waals surface area (Å²) in [5, 5.41) is 10.7. The van der Waals surface area contributed by atoms with Gasteiger partial charge in [-0.1, -0.05) is 84.6 Å². The van der Waals surface area contributed by atoms with Crippen molar-refractivity contribution in [2.45, 2.75) is 84.2 Å². The van der Waals surface area contributed by atoms with Gasteiger partial charge in [0.05, 0.1) is 0 Å². The Morgan fingerprint density at radius 1 is 0.511 bits per heavy atom. The highest BCUT2D eigenvalue weighted by atomic mass is 32.1. The van der Waals surface area contributed by atoms with E-state index in [0.717, 1.165) is 11.1 Å². The Kier molecular flexibility index (Phi) is 8.61. The van der Waals surface area contributed by atoms with E-state index in [-0.39, 0.29) is 0 Å². The van der Waals surface area contributed by atoms with Crippen LogP contribution in [0.1, 0.15) is 59.6 Å². The molecule has 2 aromatic heterocycles. The molecule has 47 heavy (non-hydrogen) atoms. The summed E-state index contributed by atoms with van der Waals surface area (Å²) in [7, 11) is -3.06. The molecular weight excluding hydrogens is 637 g/mol. The highest BCUT2D eigenvalue weighted by Gasteiger charge is 2.31. The van der Waals surface area contributed by atoms with Crippen LogP contribution in [0, 0.1) is 22.9 Å². The predicted molar refractivity (Wildman–Crippen MR) is 220 cm³/mol. The second kappa shape index (κ2) is 12.6. The van der Waals surface area contributed by atoms with Crippen molar-refractivity contribution in [3.63, 3.8) is 0 Å². The van der Waals surface area contributed by atoms with Crippen LogP contribution in [0.15, 0.2) is 72.8 Å². The zero-order valence-corrected chi connectivity index (χ0v) is 32.5. The first-order valence-electron chi connectivity index (χ1n) is 17.5. The smallest absolute Gasteiger partial charge is 0.135 e. The quantitative estimate of drug-likeness (QED) is 0.0931. The van der Waals surface area contributed by atoms with Gasteiger partial charge in [-0.25, -0.2) is 0 Å². The highest BCUT2D eigenvalue weighted by Crippen LogP contribution is 2.43. The Hall–Kier alpha value is -3.39. The monoisotopic (exact) mass is 680 g/mol. The zero-order chi connectivity index (χ0) is 32.9. The third-order valence-electron chi connectivity index (χ3n) is 11.3. The van der Waals surface area contributed by atoms with E-state index in [1.54, 1.807) is 0 Å². The fourth-order valence-corrected chi connectivity index (χ4v) is 15.6. The topological polar surface area (TPSA) is 0 Å². The van der Waals surface area contributed by atoms with E-state index in [1.165, 1.54) is 92.1 Å². The van der Waals surface area contributed by atoms with Crippen molar-refractivity contribution < 1.29 is 0 Å². The van der Waals surface area contributed by atoms with Crippen LogP contribution in [0.3, 0.4) is 0 Å². The lowest BCUT2D eigenvalue weighted by Crippen LogP contribution is -2.34. The maximum Gasteiger partial charge on any atom is 0.140 e. The van der Waals surface area contributed by atoms with Gasteiger partial charge in [0, 0.05) is 62.2 Å². The lowest BCUT2D eigenvalue weighted by Gasteiger charge is -2.27. The van der Waals surface area contributed by atoms with Crippen molar-refractivity contribution in [1.29, 1.82) is 0 Å². The van der Waals surface area contributed by atoms with Crippen molar-refractivity contribution in [1.82, 2.24) is 0 Å². The van der Waals surface area contributed by atoms with E-state index in [9.17, 15) is 0 Å². The Labute approximate surface area is 290 Å². The molecule has 7 rings (SSSR count). The SMILES string of the molecule is CC[Si](C#Cc1ccc2sc3c4cc5ccc6c7cc(C#C[Si](CC)(CC)C(C)C)ccc7sc6c5cc4ccc3c2c1)(CC)CC. The summed E-state index contributed by atoms with van der Waals surface area (Å²) in [5.74, 6) is 7.25. The molecular formula is C43H44S2Si2. The van der Waals surface area contributed by atoms with Crippen LogP contribution in [0.2, 0.25) is 35.8 Å². The minimum atomic E-state index is -1.58. The van der Waals surface area contributed by atoms with Gasteiger partial charge in [-0.05, 0) is 95.1 Å². The highest BCUT2D eigenvalue weighted by molar-refractivity contribution is 7.27. The van der Waals surface area contributed by atoms with Gasteiger partial charge in [-0.15, -0.1) is 33.8 Å². The van der Waals surface area contributed by atoms with Gasteiger partial charge in [-0.3, -0.25) is 0 Å². The van der Waals surface area contributed by atoms with Gasteiger partial charge in [0.2, 0.25) is 0 Å². The molecule has 0 aliphatic heterocycles. The first-order valence-corrected chi connectivity index (χ1v) is 24.3.